The molecule has 1 aliphatic rings. The summed E-state index contributed by atoms with van der Waals surface area (Å²) < 4.78 is 0. The van der Waals surface area contributed by atoms with Crippen molar-refractivity contribution in [2.45, 2.75) is 39.2 Å². The highest BCUT2D eigenvalue weighted by Crippen LogP contribution is 2.52. The van der Waals surface area contributed by atoms with E-state index in [1.54, 1.807) is 12.1 Å². The summed E-state index contributed by atoms with van der Waals surface area (Å²) >= 11 is 0. The van der Waals surface area contributed by atoms with E-state index in [-0.39, 0.29) is 22.1 Å². The molecule has 1 heterocycles. The fourth-order valence-electron chi connectivity index (χ4n) is 3.45. The SMILES string of the molecule is Cc1ccccc1N1c2cccc([N+](=O)[O-])c2C(C)(C)C1C. The number of nitro groups is 1. The zero-order valence-electron chi connectivity index (χ0n) is 13.3. The molecule has 1 aliphatic heterocycles. The summed E-state index contributed by atoms with van der Waals surface area (Å²) in [5.41, 5.74) is 3.98. The quantitative estimate of drug-likeness (QED) is 0.595. The number of rotatable bonds is 2. The molecule has 0 aromatic heterocycles. The predicted octanol–water partition coefficient (Wildman–Crippen LogP) is 4.72. The van der Waals surface area contributed by atoms with Gasteiger partial charge in [0, 0.05) is 23.2 Å². The number of anilines is 2. The van der Waals surface area contributed by atoms with Crippen molar-refractivity contribution in [1.82, 2.24) is 0 Å². The van der Waals surface area contributed by atoms with E-state index in [4.69, 9.17) is 0 Å². The molecule has 4 heteroatoms. The number of nitro benzene ring substituents is 1. The van der Waals surface area contributed by atoms with Gasteiger partial charge in [0.15, 0.2) is 0 Å². The van der Waals surface area contributed by atoms with E-state index in [2.05, 4.69) is 44.7 Å². The standard InChI is InChI=1S/C18H20N2O2/c1-12-8-5-6-9-14(12)19-13(2)18(3,4)17-15(19)10-7-11-16(17)20(21)22/h5-11,13H,1-4H3. The Hall–Kier alpha value is -2.36. The van der Waals surface area contributed by atoms with Crippen LogP contribution in [0.3, 0.4) is 0 Å². The van der Waals surface area contributed by atoms with Gasteiger partial charge >= 0.3 is 0 Å². The molecule has 4 nitrogen and oxygen atoms in total. The van der Waals surface area contributed by atoms with Crippen LogP contribution in [0, 0.1) is 17.0 Å². The molecule has 0 aliphatic carbocycles. The highest BCUT2D eigenvalue weighted by Gasteiger charge is 2.47. The van der Waals surface area contributed by atoms with Gasteiger partial charge in [-0.15, -0.1) is 0 Å². The minimum Gasteiger partial charge on any atom is -0.337 e. The second-order valence-corrected chi connectivity index (χ2v) is 6.48. The summed E-state index contributed by atoms with van der Waals surface area (Å²) in [6.45, 7) is 8.38. The Morgan fingerprint density at radius 1 is 1.09 bits per heavy atom. The van der Waals surface area contributed by atoms with Gasteiger partial charge in [-0.25, -0.2) is 0 Å². The van der Waals surface area contributed by atoms with Crippen molar-refractivity contribution in [1.29, 1.82) is 0 Å². The zero-order chi connectivity index (χ0) is 16.1. The molecule has 0 spiro atoms. The zero-order valence-corrected chi connectivity index (χ0v) is 13.3. The number of nitrogens with zero attached hydrogens (tertiary/aromatic N) is 2. The number of fused-ring (bicyclic) bond motifs is 1. The number of hydrogen-bond acceptors (Lipinski definition) is 3. The molecule has 0 N–H and O–H groups in total. The van der Waals surface area contributed by atoms with Gasteiger partial charge in [-0.2, -0.15) is 0 Å². The summed E-state index contributed by atoms with van der Waals surface area (Å²) in [7, 11) is 0. The Kier molecular flexibility index (Phi) is 3.20. The van der Waals surface area contributed by atoms with Crippen LogP contribution in [-0.2, 0) is 5.41 Å². The third-order valence-electron chi connectivity index (χ3n) is 4.93. The van der Waals surface area contributed by atoms with Crippen LogP contribution in [0.4, 0.5) is 17.1 Å². The minimum atomic E-state index is -0.290. The molecular formula is C18H20N2O2. The first-order valence-electron chi connectivity index (χ1n) is 7.48. The van der Waals surface area contributed by atoms with E-state index in [1.807, 2.05) is 18.2 Å². The van der Waals surface area contributed by atoms with Crippen molar-refractivity contribution >= 4 is 17.1 Å². The number of hydrogen-bond donors (Lipinski definition) is 0. The topological polar surface area (TPSA) is 46.4 Å². The molecule has 1 atom stereocenters. The maximum atomic E-state index is 11.5. The van der Waals surface area contributed by atoms with Gasteiger partial charge in [0.1, 0.15) is 0 Å². The molecule has 0 fully saturated rings. The first-order valence-corrected chi connectivity index (χ1v) is 7.48. The van der Waals surface area contributed by atoms with E-state index < -0.39 is 0 Å². The van der Waals surface area contributed by atoms with E-state index in [1.165, 1.54) is 5.56 Å². The maximum Gasteiger partial charge on any atom is 0.275 e. The highest BCUT2D eigenvalue weighted by atomic mass is 16.6. The third-order valence-corrected chi connectivity index (χ3v) is 4.93. The largest absolute Gasteiger partial charge is 0.337 e. The summed E-state index contributed by atoms with van der Waals surface area (Å²) in [4.78, 5) is 13.4. The molecule has 0 radical (unpaired) electrons. The Morgan fingerprint density at radius 3 is 2.36 bits per heavy atom. The normalized spacial score (nSPS) is 19.1. The van der Waals surface area contributed by atoms with Crippen molar-refractivity contribution < 1.29 is 4.92 Å². The highest BCUT2D eigenvalue weighted by molar-refractivity contribution is 5.79. The Balaban J connectivity index is 2.29. The molecule has 1 unspecified atom stereocenters. The average Bonchev–Trinajstić information content (AvgIpc) is 2.68. The second kappa shape index (κ2) is 4.83. The molecule has 0 saturated heterocycles. The van der Waals surface area contributed by atoms with Crippen LogP contribution in [0.25, 0.3) is 0 Å². The van der Waals surface area contributed by atoms with Gasteiger partial charge in [0.05, 0.1) is 16.2 Å². The van der Waals surface area contributed by atoms with Crippen molar-refractivity contribution in [2.24, 2.45) is 0 Å². The lowest BCUT2D eigenvalue weighted by atomic mass is 9.80. The molecule has 0 bridgehead atoms. The Morgan fingerprint density at radius 2 is 1.73 bits per heavy atom. The van der Waals surface area contributed by atoms with Crippen LogP contribution >= 0.6 is 0 Å². The van der Waals surface area contributed by atoms with Gasteiger partial charge in [-0.05, 0) is 31.5 Å². The Bertz CT molecular complexity index is 753. The maximum absolute atomic E-state index is 11.5. The van der Waals surface area contributed by atoms with Crippen molar-refractivity contribution in [3.63, 3.8) is 0 Å². The third kappa shape index (κ3) is 1.90. The van der Waals surface area contributed by atoms with Gasteiger partial charge in [0.2, 0.25) is 0 Å². The first kappa shape index (κ1) is 14.6. The van der Waals surface area contributed by atoms with Gasteiger partial charge in [0.25, 0.3) is 5.69 Å². The Labute approximate surface area is 130 Å². The van der Waals surface area contributed by atoms with E-state index in [9.17, 15) is 10.1 Å². The van der Waals surface area contributed by atoms with Crippen molar-refractivity contribution in [2.75, 3.05) is 4.90 Å². The van der Waals surface area contributed by atoms with Crippen LogP contribution in [0.5, 0.6) is 0 Å². The summed E-state index contributed by atoms with van der Waals surface area (Å²) in [5, 5.41) is 11.5. The fourth-order valence-corrected chi connectivity index (χ4v) is 3.45. The predicted molar refractivity (Wildman–Crippen MR) is 88.9 cm³/mol. The van der Waals surface area contributed by atoms with Gasteiger partial charge in [-0.3, -0.25) is 10.1 Å². The smallest absolute Gasteiger partial charge is 0.275 e. The van der Waals surface area contributed by atoms with E-state index in [0.717, 1.165) is 16.9 Å². The summed E-state index contributed by atoms with van der Waals surface area (Å²) in [5.74, 6) is 0. The molecule has 3 rings (SSSR count). The minimum absolute atomic E-state index is 0.143. The van der Waals surface area contributed by atoms with Crippen molar-refractivity contribution in [3.8, 4) is 0 Å². The first-order chi connectivity index (χ1) is 10.4. The average molecular weight is 296 g/mol. The molecule has 0 amide bonds. The number of aryl methyl sites for hydroxylation is 1. The molecule has 0 saturated carbocycles. The van der Waals surface area contributed by atoms with Crippen LogP contribution in [0.15, 0.2) is 42.5 Å². The monoisotopic (exact) mass is 296 g/mol. The fraction of sp³-hybridized carbons (Fsp3) is 0.333. The van der Waals surface area contributed by atoms with Gasteiger partial charge < -0.3 is 4.90 Å². The molecule has 2 aromatic rings. The van der Waals surface area contributed by atoms with Crippen molar-refractivity contribution in [3.05, 3.63) is 63.7 Å². The number of benzene rings is 2. The van der Waals surface area contributed by atoms with Crippen LogP contribution in [0.1, 0.15) is 31.9 Å². The summed E-state index contributed by atoms with van der Waals surface area (Å²) in [6.07, 6.45) is 0. The molecule has 114 valence electrons. The number of para-hydroxylation sites is 1. The summed E-state index contributed by atoms with van der Waals surface area (Å²) in [6, 6.07) is 13.7. The second-order valence-electron chi connectivity index (χ2n) is 6.48. The van der Waals surface area contributed by atoms with E-state index in [0.29, 0.717) is 0 Å². The lowest BCUT2D eigenvalue weighted by Crippen LogP contribution is -2.36. The molecular weight excluding hydrogens is 276 g/mol. The van der Waals surface area contributed by atoms with Crippen LogP contribution in [-0.4, -0.2) is 11.0 Å². The van der Waals surface area contributed by atoms with Gasteiger partial charge in [-0.1, -0.05) is 38.1 Å². The molecule has 22 heavy (non-hydrogen) atoms. The van der Waals surface area contributed by atoms with Crippen LogP contribution < -0.4 is 4.90 Å². The lowest BCUT2D eigenvalue weighted by molar-refractivity contribution is -0.385. The molecule has 2 aromatic carbocycles. The lowest BCUT2D eigenvalue weighted by Gasteiger charge is -2.32. The van der Waals surface area contributed by atoms with E-state index >= 15 is 0 Å². The van der Waals surface area contributed by atoms with Crippen LogP contribution in [0.2, 0.25) is 0 Å².